The van der Waals surface area contributed by atoms with Gasteiger partial charge in [0.25, 0.3) is 11.5 Å². The van der Waals surface area contributed by atoms with E-state index in [1.54, 1.807) is 31.4 Å². The lowest BCUT2D eigenvalue weighted by atomic mass is 10.1. The van der Waals surface area contributed by atoms with E-state index in [4.69, 9.17) is 4.74 Å². The molecule has 1 aromatic heterocycles. The number of methoxy groups -OCH3 is 1. The number of nitrogens with zero attached hydrogens (tertiary/aromatic N) is 1. The van der Waals surface area contributed by atoms with Crippen LogP contribution in [0.3, 0.4) is 0 Å². The van der Waals surface area contributed by atoms with E-state index in [1.165, 1.54) is 29.9 Å². The fraction of sp³-hybridized carbons (Fsp3) is 0.250. The van der Waals surface area contributed by atoms with Gasteiger partial charge in [-0.05, 0) is 29.8 Å². The highest BCUT2D eigenvalue weighted by Gasteiger charge is 2.15. The van der Waals surface area contributed by atoms with Crippen LogP contribution in [0.5, 0.6) is 0 Å². The summed E-state index contributed by atoms with van der Waals surface area (Å²) in [7, 11) is 3.05. The normalized spacial score (nSPS) is 12.0. The summed E-state index contributed by atoms with van der Waals surface area (Å²) >= 11 is 0. The summed E-state index contributed by atoms with van der Waals surface area (Å²) in [5, 5.41) is 2.64. The molecule has 0 spiro atoms. The number of hydrogen-bond acceptors (Lipinski definition) is 3. The van der Waals surface area contributed by atoms with Crippen molar-refractivity contribution < 1.29 is 13.9 Å². The summed E-state index contributed by atoms with van der Waals surface area (Å²) in [6.45, 7) is 0.136. The van der Waals surface area contributed by atoms with E-state index in [-0.39, 0.29) is 23.5 Å². The molecule has 22 heavy (non-hydrogen) atoms. The molecule has 0 aliphatic heterocycles. The lowest BCUT2D eigenvalue weighted by molar-refractivity contribution is 0.0825. The minimum Gasteiger partial charge on any atom is -0.375 e. The molecule has 0 aliphatic carbocycles. The molecule has 5 nitrogen and oxygen atoms in total. The zero-order valence-electron chi connectivity index (χ0n) is 12.4. The summed E-state index contributed by atoms with van der Waals surface area (Å²) in [5.74, 6) is -0.859. The van der Waals surface area contributed by atoms with Gasteiger partial charge in [0, 0.05) is 26.9 Å². The first kappa shape index (κ1) is 15.9. The van der Waals surface area contributed by atoms with E-state index in [0.29, 0.717) is 5.56 Å². The fourth-order valence-electron chi connectivity index (χ4n) is 2.09. The quantitative estimate of drug-likeness (QED) is 0.913. The minimum atomic E-state index is -0.493. The monoisotopic (exact) mass is 304 g/mol. The number of aryl methyl sites for hydroxylation is 1. The number of amides is 1. The number of benzene rings is 1. The van der Waals surface area contributed by atoms with Crippen LogP contribution in [0.2, 0.25) is 0 Å². The smallest absolute Gasteiger partial charge is 0.263 e. The minimum absolute atomic E-state index is 0.0547. The number of pyridine rings is 1. The van der Waals surface area contributed by atoms with Crippen molar-refractivity contribution in [2.24, 2.45) is 7.05 Å². The van der Waals surface area contributed by atoms with E-state index in [9.17, 15) is 14.0 Å². The molecule has 2 rings (SSSR count). The molecule has 0 unspecified atom stereocenters. The lowest BCUT2D eigenvalue weighted by Gasteiger charge is -2.16. The summed E-state index contributed by atoms with van der Waals surface area (Å²) in [6, 6.07) is 9.05. The zero-order chi connectivity index (χ0) is 16.1. The Kier molecular flexibility index (Phi) is 5.06. The van der Waals surface area contributed by atoms with Crippen molar-refractivity contribution in [2.75, 3.05) is 13.7 Å². The molecular formula is C16H17FN2O3. The molecule has 1 amide bonds. The summed E-state index contributed by atoms with van der Waals surface area (Å²) in [5.41, 5.74) is 0.294. The van der Waals surface area contributed by atoms with E-state index in [2.05, 4.69) is 5.32 Å². The van der Waals surface area contributed by atoms with Crippen LogP contribution in [0.1, 0.15) is 22.0 Å². The number of ether oxygens (including phenoxy) is 1. The van der Waals surface area contributed by atoms with Gasteiger partial charge in [-0.1, -0.05) is 12.1 Å². The first-order chi connectivity index (χ1) is 10.5. The highest BCUT2D eigenvalue weighted by atomic mass is 19.1. The van der Waals surface area contributed by atoms with Gasteiger partial charge in [0.2, 0.25) is 0 Å². The third kappa shape index (κ3) is 3.59. The Morgan fingerprint density at radius 3 is 2.82 bits per heavy atom. The second kappa shape index (κ2) is 7.00. The second-order valence-electron chi connectivity index (χ2n) is 4.83. The molecule has 2 aromatic rings. The Hall–Kier alpha value is -2.47. The van der Waals surface area contributed by atoms with E-state index in [1.807, 2.05) is 0 Å². The van der Waals surface area contributed by atoms with Crippen LogP contribution >= 0.6 is 0 Å². The Bertz CT molecular complexity index is 727. The zero-order valence-corrected chi connectivity index (χ0v) is 12.4. The van der Waals surface area contributed by atoms with E-state index in [0.717, 1.165) is 0 Å². The Balaban J connectivity index is 2.09. The Labute approximate surface area is 127 Å². The molecule has 1 atom stereocenters. The van der Waals surface area contributed by atoms with E-state index >= 15 is 0 Å². The lowest BCUT2D eigenvalue weighted by Crippen LogP contribution is -2.34. The molecule has 1 aromatic carbocycles. The molecule has 0 aliphatic rings. The van der Waals surface area contributed by atoms with Gasteiger partial charge in [-0.2, -0.15) is 0 Å². The van der Waals surface area contributed by atoms with Gasteiger partial charge in [-0.25, -0.2) is 4.39 Å². The van der Waals surface area contributed by atoms with Gasteiger partial charge in [-0.15, -0.1) is 0 Å². The molecule has 0 radical (unpaired) electrons. The Morgan fingerprint density at radius 2 is 2.14 bits per heavy atom. The standard InChI is InChI=1S/C16H17FN2O3/c1-19-8-4-7-13(16(19)21)15(20)18-10-14(22-2)11-5-3-6-12(17)9-11/h3-9,14H,10H2,1-2H3,(H,18,20)/t14-/m0/s1. The van der Waals surface area contributed by atoms with Crippen molar-refractivity contribution in [2.45, 2.75) is 6.10 Å². The summed E-state index contributed by atoms with van der Waals surface area (Å²) in [6.07, 6.45) is 1.08. The van der Waals surface area contributed by atoms with Gasteiger partial charge in [0.05, 0.1) is 6.10 Å². The predicted octanol–water partition coefficient (Wildman–Crippen LogP) is 1.64. The first-order valence-electron chi connectivity index (χ1n) is 6.75. The number of rotatable bonds is 5. The van der Waals surface area contributed by atoms with Crippen LogP contribution in [0.4, 0.5) is 4.39 Å². The molecule has 6 heteroatoms. The molecular weight excluding hydrogens is 287 g/mol. The number of hydrogen-bond donors (Lipinski definition) is 1. The van der Waals surface area contributed by atoms with Crippen LogP contribution in [0.15, 0.2) is 47.4 Å². The molecule has 1 N–H and O–H groups in total. The van der Waals surface area contributed by atoms with Gasteiger partial charge in [0.1, 0.15) is 11.4 Å². The SMILES string of the molecule is CO[C@@H](CNC(=O)c1cccn(C)c1=O)c1cccc(F)c1. The molecule has 0 bridgehead atoms. The number of carbonyl (C=O) groups is 1. The first-order valence-corrected chi connectivity index (χ1v) is 6.75. The molecule has 1 heterocycles. The molecule has 116 valence electrons. The van der Waals surface area contributed by atoms with E-state index < -0.39 is 12.0 Å². The number of carbonyl (C=O) groups excluding carboxylic acids is 1. The maximum atomic E-state index is 13.2. The molecule has 0 fully saturated rings. The largest absolute Gasteiger partial charge is 0.375 e. The van der Waals surface area contributed by atoms with Crippen LogP contribution in [0.25, 0.3) is 0 Å². The maximum Gasteiger partial charge on any atom is 0.263 e. The second-order valence-corrected chi connectivity index (χ2v) is 4.83. The topological polar surface area (TPSA) is 60.3 Å². The average Bonchev–Trinajstić information content (AvgIpc) is 2.50. The third-order valence-electron chi connectivity index (χ3n) is 3.32. The highest BCUT2D eigenvalue weighted by molar-refractivity contribution is 5.93. The average molecular weight is 304 g/mol. The highest BCUT2D eigenvalue weighted by Crippen LogP contribution is 2.16. The van der Waals surface area contributed by atoms with Gasteiger partial charge in [-0.3, -0.25) is 9.59 Å². The van der Waals surface area contributed by atoms with Crippen LogP contribution in [-0.4, -0.2) is 24.1 Å². The van der Waals surface area contributed by atoms with Crippen molar-refractivity contribution in [3.8, 4) is 0 Å². The van der Waals surface area contributed by atoms with Gasteiger partial charge < -0.3 is 14.6 Å². The van der Waals surface area contributed by atoms with Crippen LogP contribution in [-0.2, 0) is 11.8 Å². The third-order valence-corrected chi connectivity index (χ3v) is 3.32. The van der Waals surface area contributed by atoms with Gasteiger partial charge >= 0.3 is 0 Å². The summed E-state index contributed by atoms with van der Waals surface area (Å²) in [4.78, 5) is 23.9. The number of halogens is 1. The fourth-order valence-corrected chi connectivity index (χ4v) is 2.09. The van der Waals surface area contributed by atoms with Crippen molar-refractivity contribution >= 4 is 5.91 Å². The summed E-state index contributed by atoms with van der Waals surface area (Å²) < 4.78 is 19.8. The maximum absolute atomic E-state index is 13.2. The van der Waals surface area contributed by atoms with Gasteiger partial charge in [0.15, 0.2) is 0 Å². The molecule has 0 saturated heterocycles. The number of aromatic nitrogens is 1. The van der Waals surface area contributed by atoms with Crippen LogP contribution in [0, 0.1) is 5.82 Å². The van der Waals surface area contributed by atoms with Crippen molar-refractivity contribution in [1.29, 1.82) is 0 Å². The van der Waals surface area contributed by atoms with Crippen molar-refractivity contribution in [1.82, 2.24) is 9.88 Å². The van der Waals surface area contributed by atoms with Crippen LogP contribution < -0.4 is 10.9 Å². The number of nitrogens with one attached hydrogen (secondary N) is 1. The Morgan fingerprint density at radius 1 is 1.36 bits per heavy atom. The van der Waals surface area contributed by atoms with Crippen molar-refractivity contribution in [3.63, 3.8) is 0 Å². The molecule has 0 saturated carbocycles. The predicted molar refractivity (Wildman–Crippen MR) is 80.2 cm³/mol. The van der Waals surface area contributed by atoms with Crippen molar-refractivity contribution in [3.05, 3.63) is 69.9 Å².